The summed E-state index contributed by atoms with van der Waals surface area (Å²) in [6.07, 6.45) is 3.07. The molecule has 31 valence electrons. The third-order valence-corrected chi connectivity index (χ3v) is 0.792. The van der Waals surface area contributed by atoms with Gasteiger partial charge in [0, 0.05) is 0 Å². The van der Waals surface area contributed by atoms with Crippen molar-refractivity contribution in [2.45, 2.75) is 0 Å². The summed E-state index contributed by atoms with van der Waals surface area (Å²) in [5, 5.41) is 1.76. The van der Waals surface area contributed by atoms with Crippen LogP contribution in [0.3, 0.4) is 0 Å². The van der Waals surface area contributed by atoms with Gasteiger partial charge in [0.25, 0.3) is 6.20 Å². The van der Waals surface area contributed by atoms with Crippen LogP contribution in [-0.4, -0.2) is 6.40 Å². The lowest BCUT2D eigenvalue weighted by atomic mass is 11.0. The van der Waals surface area contributed by atoms with Crippen molar-refractivity contribution in [3.05, 3.63) is 11.6 Å². The van der Waals surface area contributed by atoms with Crippen molar-refractivity contribution in [3.63, 3.8) is 0 Å². The van der Waals surface area contributed by atoms with Crippen molar-refractivity contribution < 1.29 is 4.18 Å². The number of nitrogens with zero attached hydrogens (tertiary/aromatic N) is 1. The predicted molar refractivity (Wildman–Crippen MR) is 26.0 cm³/mol. The Morgan fingerprint density at radius 1 is 1.67 bits per heavy atom. The summed E-state index contributed by atoms with van der Waals surface area (Å²) in [6.45, 7) is 0. The molecule has 0 atom stereocenters. The first kappa shape index (κ1) is 3.74. The van der Waals surface area contributed by atoms with Gasteiger partial charge in [-0.3, -0.25) is 0 Å². The first-order valence-corrected chi connectivity index (χ1v) is 2.29. The highest BCUT2D eigenvalue weighted by molar-refractivity contribution is 7.97. The Balaban J connectivity index is 2.46. The molecular formula is C3H3NOS+. The van der Waals surface area contributed by atoms with E-state index in [1.54, 1.807) is 11.6 Å². The average Bonchev–Trinajstić information content (AvgIpc) is 1.72. The zero-order valence-corrected chi connectivity index (χ0v) is 3.81. The van der Waals surface area contributed by atoms with E-state index in [0.717, 1.165) is 0 Å². The lowest BCUT2D eigenvalue weighted by Gasteiger charge is -1.80. The van der Waals surface area contributed by atoms with Crippen LogP contribution in [0.2, 0.25) is 0 Å². The second-order valence-corrected chi connectivity index (χ2v) is 1.39. The first-order valence-electron chi connectivity index (χ1n) is 1.49. The molecule has 1 heterocycles. The predicted octanol–water partition coefficient (Wildman–Crippen LogP) is 0.500. The maximum absolute atomic E-state index is 4.61. The van der Waals surface area contributed by atoms with Gasteiger partial charge in [-0.05, 0) is 0 Å². The number of hydrogen-bond donors (Lipinski definition) is 0. The maximum atomic E-state index is 4.61. The van der Waals surface area contributed by atoms with Gasteiger partial charge in [0.15, 0.2) is 0 Å². The third kappa shape index (κ3) is 0.755. The van der Waals surface area contributed by atoms with E-state index in [1.807, 2.05) is 0 Å². The number of rotatable bonds is 0. The van der Waals surface area contributed by atoms with Crippen LogP contribution in [-0.2, 0) is 4.18 Å². The Morgan fingerprint density at radius 3 is 2.83 bits per heavy atom. The lowest BCUT2D eigenvalue weighted by Crippen LogP contribution is -1.86. The number of hydrogen-bond acceptors (Lipinski definition) is 3. The van der Waals surface area contributed by atoms with Crippen LogP contribution in [0.4, 0.5) is 0 Å². The molecule has 0 N–H and O–H groups in total. The van der Waals surface area contributed by atoms with E-state index in [4.69, 9.17) is 0 Å². The van der Waals surface area contributed by atoms with Crippen LogP contribution in [0.25, 0.3) is 0 Å². The fourth-order valence-corrected chi connectivity index (χ4v) is 0.460. The van der Waals surface area contributed by atoms with Crippen molar-refractivity contribution in [2.24, 2.45) is 0 Å². The summed E-state index contributed by atoms with van der Waals surface area (Å²) >= 11 is 1.27. The van der Waals surface area contributed by atoms with E-state index in [1.165, 1.54) is 18.4 Å². The zero-order valence-electron chi connectivity index (χ0n) is 3.00. The highest BCUT2D eigenvalue weighted by Crippen LogP contribution is 2.01. The topological polar surface area (TPSA) is 23.3 Å². The molecule has 0 unspecified atom stereocenters. The molecular weight excluding hydrogens is 98.1 g/mol. The van der Waals surface area contributed by atoms with Gasteiger partial charge in [0.05, 0.1) is 22.4 Å². The van der Waals surface area contributed by atoms with Crippen molar-refractivity contribution in [2.75, 3.05) is 0 Å². The summed E-state index contributed by atoms with van der Waals surface area (Å²) in [5.41, 5.74) is 0. The molecule has 2 nitrogen and oxygen atoms in total. The normalized spacial score (nSPS) is 17.3. The largest absolute Gasteiger partial charge is 0.410 e. The van der Waals surface area contributed by atoms with Crippen LogP contribution in [0.15, 0.2) is 11.6 Å². The molecule has 0 amide bonds. The Hall–Kier alpha value is -0.440. The molecule has 0 aromatic rings. The van der Waals surface area contributed by atoms with Gasteiger partial charge in [-0.2, -0.15) is 0 Å². The Kier molecular flexibility index (Phi) is 1.17. The van der Waals surface area contributed by atoms with E-state index in [9.17, 15) is 0 Å². The standard InChI is InChI=1S/C3H3NOS/c1-2-6-5-3-4-1/h1-3H/q+1. The SMILES string of the molecule is C1=CSOC=[N+]1. The van der Waals surface area contributed by atoms with Crippen LogP contribution in [0.5, 0.6) is 0 Å². The van der Waals surface area contributed by atoms with Gasteiger partial charge in [-0.1, -0.05) is 0 Å². The maximum Gasteiger partial charge on any atom is 0.410 e. The molecule has 0 aromatic heterocycles. The van der Waals surface area contributed by atoms with Crippen LogP contribution >= 0.6 is 12.0 Å². The van der Waals surface area contributed by atoms with E-state index < -0.39 is 0 Å². The third-order valence-electron chi connectivity index (χ3n) is 0.362. The summed E-state index contributed by atoms with van der Waals surface area (Å²) in [6, 6.07) is 0. The minimum Gasteiger partial charge on any atom is -0.366 e. The van der Waals surface area contributed by atoms with E-state index >= 15 is 0 Å². The number of aliphatic imine (C=N–C) groups is 1. The smallest absolute Gasteiger partial charge is 0.366 e. The summed E-state index contributed by atoms with van der Waals surface area (Å²) in [5.74, 6) is 0. The van der Waals surface area contributed by atoms with Crippen LogP contribution < -0.4 is 4.99 Å². The minimum atomic E-state index is 1.27. The summed E-state index contributed by atoms with van der Waals surface area (Å²) in [7, 11) is 0. The molecule has 0 aliphatic carbocycles. The van der Waals surface area contributed by atoms with Crippen LogP contribution in [0, 0.1) is 0 Å². The molecule has 0 bridgehead atoms. The lowest BCUT2D eigenvalue weighted by molar-refractivity contribution is 0.670. The first-order chi connectivity index (χ1) is 3.00. The van der Waals surface area contributed by atoms with Crippen molar-refractivity contribution in [1.82, 2.24) is 4.99 Å². The Labute approximate surface area is 40.1 Å². The Bertz CT molecular complexity index is 76.8. The molecule has 0 saturated carbocycles. The van der Waals surface area contributed by atoms with E-state index in [2.05, 4.69) is 9.18 Å². The molecule has 1 rings (SSSR count). The van der Waals surface area contributed by atoms with Crippen LogP contribution in [0.1, 0.15) is 0 Å². The molecule has 0 aromatic carbocycles. The van der Waals surface area contributed by atoms with Gasteiger partial charge in [0.1, 0.15) is 0 Å². The highest BCUT2D eigenvalue weighted by Gasteiger charge is 1.91. The monoisotopic (exact) mass is 101 g/mol. The van der Waals surface area contributed by atoms with Gasteiger partial charge in [0.2, 0.25) is 0 Å². The van der Waals surface area contributed by atoms with Gasteiger partial charge in [-0.25, -0.2) is 0 Å². The molecule has 0 saturated heterocycles. The van der Waals surface area contributed by atoms with Crippen molar-refractivity contribution in [1.29, 1.82) is 0 Å². The van der Waals surface area contributed by atoms with Crippen molar-refractivity contribution in [3.8, 4) is 0 Å². The average molecular weight is 101 g/mol. The zero-order chi connectivity index (χ0) is 4.24. The van der Waals surface area contributed by atoms with Gasteiger partial charge in [-0.15, -0.1) is 0 Å². The molecule has 1 aliphatic heterocycles. The summed E-state index contributed by atoms with van der Waals surface area (Å²) in [4.78, 5) is 3.63. The highest BCUT2D eigenvalue weighted by atomic mass is 32.2. The quantitative estimate of drug-likeness (QED) is 0.415. The summed E-state index contributed by atoms with van der Waals surface area (Å²) < 4.78 is 4.61. The van der Waals surface area contributed by atoms with E-state index in [-0.39, 0.29) is 0 Å². The fourth-order valence-electron chi connectivity index (χ4n) is 0.177. The Morgan fingerprint density at radius 2 is 2.67 bits per heavy atom. The molecule has 0 fully saturated rings. The van der Waals surface area contributed by atoms with E-state index in [0.29, 0.717) is 0 Å². The minimum absolute atomic E-state index is 1.27. The second-order valence-electron chi connectivity index (χ2n) is 0.732. The molecule has 6 heavy (non-hydrogen) atoms. The second kappa shape index (κ2) is 1.87. The molecule has 0 spiro atoms. The molecule has 1 radical (unpaired) electrons. The van der Waals surface area contributed by atoms with Gasteiger partial charge >= 0.3 is 6.40 Å². The fraction of sp³-hybridized carbons (Fsp3) is 0. The van der Waals surface area contributed by atoms with Crippen molar-refractivity contribution >= 4 is 18.4 Å². The molecule has 3 heteroatoms. The van der Waals surface area contributed by atoms with Gasteiger partial charge < -0.3 is 4.18 Å². The molecule has 1 aliphatic rings.